The summed E-state index contributed by atoms with van der Waals surface area (Å²) in [6.45, 7) is 9.09. The Morgan fingerprint density at radius 3 is 2.57 bits per heavy atom. The summed E-state index contributed by atoms with van der Waals surface area (Å²) in [7, 11) is 0. The van der Waals surface area contributed by atoms with Crippen molar-refractivity contribution in [3.63, 3.8) is 0 Å². The van der Waals surface area contributed by atoms with Crippen LogP contribution in [0.2, 0.25) is 0 Å². The minimum atomic E-state index is 0.365. The molecule has 0 saturated carbocycles. The molecule has 0 aliphatic rings. The Morgan fingerprint density at radius 2 is 1.89 bits per heavy atom. The van der Waals surface area contributed by atoms with Gasteiger partial charge in [0, 0.05) is 18.4 Å². The zero-order valence-corrected chi connectivity index (χ0v) is 17.6. The molecule has 0 radical (unpaired) electrons. The molecule has 1 aromatic heterocycles. The molecule has 2 aromatic rings. The molecule has 1 atom stereocenters. The van der Waals surface area contributed by atoms with Gasteiger partial charge >= 0.3 is 0 Å². The van der Waals surface area contributed by atoms with Crippen molar-refractivity contribution in [2.75, 3.05) is 6.61 Å². The number of ether oxygens (including phenoxy) is 1. The molecule has 0 N–H and O–H groups in total. The van der Waals surface area contributed by atoms with Gasteiger partial charge in [-0.2, -0.15) is 0 Å². The summed E-state index contributed by atoms with van der Waals surface area (Å²) >= 11 is 0. The number of rotatable bonds is 13. The predicted molar refractivity (Wildman–Crippen MR) is 121 cm³/mol. The maximum atomic E-state index is 5.85. The van der Waals surface area contributed by atoms with E-state index in [0.717, 1.165) is 49.1 Å². The van der Waals surface area contributed by atoms with Crippen LogP contribution < -0.4 is 0 Å². The summed E-state index contributed by atoms with van der Waals surface area (Å²) < 4.78 is 5.85. The van der Waals surface area contributed by atoms with E-state index in [1.165, 1.54) is 24.8 Å². The Hall–Kier alpha value is -2.19. The molecular weight excluding hydrogens is 342 g/mol. The van der Waals surface area contributed by atoms with Crippen molar-refractivity contribution in [1.29, 1.82) is 0 Å². The second-order valence-electron chi connectivity index (χ2n) is 7.39. The third-order valence-electron chi connectivity index (χ3n) is 4.86. The van der Waals surface area contributed by atoms with Crippen molar-refractivity contribution in [1.82, 2.24) is 4.98 Å². The van der Waals surface area contributed by atoms with Crippen LogP contribution in [0.15, 0.2) is 61.3 Å². The monoisotopic (exact) mass is 377 g/mol. The zero-order chi connectivity index (χ0) is 20.0. The summed E-state index contributed by atoms with van der Waals surface area (Å²) in [6, 6.07) is 12.8. The first-order chi connectivity index (χ1) is 13.7. The lowest BCUT2D eigenvalue weighted by atomic mass is 10.1. The van der Waals surface area contributed by atoms with Gasteiger partial charge in [0.1, 0.15) is 0 Å². The molecule has 1 unspecified atom stereocenters. The van der Waals surface area contributed by atoms with E-state index in [9.17, 15) is 0 Å². The maximum absolute atomic E-state index is 5.85. The second-order valence-corrected chi connectivity index (χ2v) is 7.39. The van der Waals surface area contributed by atoms with E-state index in [1.54, 1.807) is 0 Å². The molecule has 2 heteroatoms. The molecule has 1 aromatic carbocycles. The normalized spacial score (nSPS) is 12.4. The molecule has 150 valence electrons. The number of allylic oxidation sites excluding steroid dienone is 2. The quantitative estimate of drug-likeness (QED) is 0.271. The summed E-state index contributed by atoms with van der Waals surface area (Å²) in [4.78, 5) is 4.61. The molecular formula is C26H35NO. The minimum Gasteiger partial charge on any atom is -0.379 e. The van der Waals surface area contributed by atoms with E-state index < -0.39 is 0 Å². The van der Waals surface area contributed by atoms with Crippen LogP contribution in [0, 0.1) is 0 Å². The number of pyridine rings is 1. The third-order valence-corrected chi connectivity index (χ3v) is 4.86. The van der Waals surface area contributed by atoms with Crippen LogP contribution >= 0.6 is 0 Å². The average molecular weight is 378 g/mol. The van der Waals surface area contributed by atoms with Crippen LogP contribution in [0.1, 0.15) is 63.5 Å². The van der Waals surface area contributed by atoms with E-state index in [4.69, 9.17) is 4.74 Å². The van der Waals surface area contributed by atoms with Crippen LogP contribution in [0.5, 0.6) is 0 Å². The fourth-order valence-corrected chi connectivity index (χ4v) is 3.12. The van der Waals surface area contributed by atoms with Crippen molar-refractivity contribution in [3.05, 3.63) is 72.5 Å². The molecule has 0 spiro atoms. The number of unbranched alkanes of at least 4 members (excludes halogenated alkanes) is 3. The van der Waals surface area contributed by atoms with Gasteiger partial charge in [-0.05, 0) is 56.2 Å². The van der Waals surface area contributed by atoms with Crippen LogP contribution in [0.4, 0.5) is 0 Å². The van der Waals surface area contributed by atoms with Crippen LogP contribution in [-0.4, -0.2) is 17.7 Å². The third kappa shape index (κ3) is 8.22. The molecule has 0 aliphatic heterocycles. The molecule has 0 amide bonds. The van der Waals surface area contributed by atoms with Gasteiger partial charge in [-0.3, -0.25) is 4.98 Å². The van der Waals surface area contributed by atoms with Crippen molar-refractivity contribution >= 4 is 6.08 Å². The van der Waals surface area contributed by atoms with Gasteiger partial charge in [-0.15, -0.1) is 6.58 Å². The minimum absolute atomic E-state index is 0.365. The van der Waals surface area contributed by atoms with E-state index in [-0.39, 0.29) is 0 Å². The van der Waals surface area contributed by atoms with Crippen LogP contribution in [0.3, 0.4) is 0 Å². The summed E-state index contributed by atoms with van der Waals surface area (Å²) in [5.41, 5.74) is 4.59. The average Bonchev–Trinajstić information content (AvgIpc) is 2.72. The first kappa shape index (κ1) is 22.1. The van der Waals surface area contributed by atoms with E-state index in [2.05, 4.69) is 74.0 Å². The molecule has 1 heterocycles. The number of hydrogen-bond acceptors (Lipinski definition) is 2. The molecule has 0 fully saturated rings. The van der Waals surface area contributed by atoms with E-state index >= 15 is 0 Å². The highest BCUT2D eigenvalue weighted by atomic mass is 16.5. The van der Waals surface area contributed by atoms with Gasteiger partial charge in [0.05, 0.1) is 11.8 Å². The molecule has 0 saturated heterocycles. The summed E-state index contributed by atoms with van der Waals surface area (Å²) in [5.74, 6) is 0. The highest BCUT2D eigenvalue weighted by molar-refractivity contribution is 5.61. The van der Waals surface area contributed by atoms with Gasteiger partial charge in [0.25, 0.3) is 0 Å². The SMILES string of the molecule is C=CCc1ccc(-c2ccc(C=CCCCC(C)OCCCCC)cn2)cc1. The van der Waals surface area contributed by atoms with Gasteiger partial charge < -0.3 is 4.74 Å². The Bertz CT molecular complexity index is 700. The number of aromatic nitrogens is 1. The largest absolute Gasteiger partial charge is 0.379 e. The summed E-state index contributed by atoms with van der Waals surface area (Å²) in [6.07, 6.45) is 16.6. The van der Waals surface area contributed by atoms with Gasteiger partial charge in [0.15, 0.2) is 0 Å². The van der Waals surface area contributed by atoms with Gasteiger partial charge in [-0.1, -0.05) is 68.3 Å². The lowest BCUT2D eigenvalue weighted by Crippen LogP contribution is -2.08. The lowest BCUT2D eigenvalue weighted by Gasteiger charge is -2.11. The summed E-state index contributed by atoms with van der Waals surface area (Å²) in [5, 5.41) is 0. The molecule has 2 nitrogen and oxygen atoms in total. The number of benzene rings is 1. The highest BCUT2D eigenvalue weighted by Gasteiger charge is 2.01. The lowest BCUT2D eigenvalue weighted by molar-refractivity contribution is 0.0566. The predicted octanol–water partition coefficient (Wildman–Crippen LogP) is 7.26. The van der Waals surface area contributed by atoms with Crippen molar-refractivity contribution in [3.8, 4) is 11.3 Å². The van der Waals surface area contributed by atoms with Crippen molar-refractivity contribution < 1.29 is 4.74 Å². The van der Waals surface area contributed by atoms with Crippen LogP contribution in [0.25, 0.3) is 17.3 Å². The number of nitrogens with zero attached hydrogens (tertiary/aromatic N) is 1. The van der Waals surface area contributed by atoms with Gasteiger partial charge in [0.2, 0.25) is 0 Å². The van der Waals surface area contributed by atoms with E-state index in [0.29, 0.717) is 6.10 Å². The Balaban J connectivity index is 1.72. The Kier molecular flexibility index (Phi) is 10.3. The van der Waals surface area contributed by atoms with Crippen molar-refractivity contribution in [2.24, 2.45) is 0 Å². The highest BCUT2D eigenvalue weighted by Crippen LogP contribution is 2.18. The Morgan fingerprint density at radius 1 is 1.07 bits per heavy atom. The maximum Gasteiger partial charge on any atom is 0.0702 e. The topological polar surface area (TPSA) is 22.1 Å². The molecule has 0 aliphatic carbocycles. The molecule has 28 heavy (non-hydrogen) atoms. The van der Waals surface area contributed by atoms with E-state index in [1.807, 2.05) is 12.3 Å². The fourth-order valence-electron chi connectivity index (χ4n) is 3.12. The first-order valence-corrected chi connectivity index (χ1v) is 10.7. The fraction of sp³-hybridized carbons (Fsp3) is 0.423. The smallest absolute Gasteiger partial charge is 0.0702 e. The molecule has 2 rings (SSSR count). The second kappa shape index (κ2) is 13.1. The Labute approximate surface area is 171 Å². The zero-order valence-electron chi connectivity index (χ0n) is 17.6. The van der Waals surface area contributed by atoms with Crippen molar-refractivity contribution in [2.45, 2.75) is 64.9 Å². The van der Waals surface area contributed by atoms with Crippen LogP contribution in [-0.2, 0) is 11.2 Å². The first-order valence-electron chi connectivity index (χ1n) is 10.7. The number of hydrogen-bond donors (Lipinski definition) is 0. The van der Waals surface area contributed by atoms with Gasteiger partial charge in [-0.25, -0.2) is 0 Å². The molecule has 0 bridgehead atoms. The standard InChI is InChI=1S/C26H35NO/c1-4-6-10-20-28-22(3)12-8-7-9-13-24-16-19-26(27-21-24)25-17-14-23(11-5-2)15-18-25/h5,9,13-19,21-22H,2,4,6-8,10-12,20H2,1,3H3.